The summed E-state index contributed by atoms with van der Waals surface area (Å²) in [5.74, 6) is 1.59. The van der Waals surface area contributed by atoms with E-state index in [0.717, 1.165) is 23.0 Å². The highest BCUT2D eigenvalue weighted by molar-refractivity contribution is 5.79. The average molecular weight is 269 g/mol. The van der Waals surface area contributed by atoms with Crippen LogP contribution in [0.1, 0.15) is 5.82 Å². The van der Waals surface area contributed by atoms with Crippen molar-refractivity contribution in [2.45, 2.75) is 6.54 Å². The molecule has 2 aromatic rings. The normalized spacial score (nSPS) is 11.2. The minimum Gasteiger partial charge on any atom is -0.353 e. The summed E-state index contributed by atoms with van der Waals surface area (Å²) in [6.45, 7) is 4.92. The van der Waals surface area contributed by atoms with Gasteiger partial charge in [0.05, 0.1) is 18.4 Å². The molecule has 1 aromatic heterocycles. The van der Waals surface area contributed by atoms with Crippen molar-refractivity contribution in [3.8, 4) is 11.3 Å². The fraction of sp³-hybridized carbons (Fsp3) is 0.200. The predicted molar refractivity (Wildman–Crippen MR) is 82.4 cm³/mol. The van der Waals surface area contributed by atoms with E-state index < -0.39 is 0 Å². The summed E-state index contributed by atoms with van der Waals surface area (Å²) >= 11 is 0. The Kier molecular flexibility index (Phi) is 4.94. The molecule has 0 aliphatic heterocycles. The van der Waals surface area contributed by atoms with Gasteiger partial charge in [-0.15, -0.1) is 6.58 Å². The lowest BCUT2D eigenvalue weighted by Crippen LogP contribution is -2.37. The molecule has 1 aromatic carbocycles. The van der Waals surface area contributed by atoms with Crippen LogP contribution < -0.4 is 10.6 Å². The van der Waals surface area contributed by atoms with Gasteiger partial charge in [0.1, 0.15) is 5.82 Å². The van der Waals surface area contributed by atoms with Gasteiger partial charge in [0.2, 0.25) is 0 Å². The van der Waals surface area contributed by atoms with Crippen molar-refractivity contribution in [3.63, 3.8) is 0 Å². The topological polar surface area (TPSA) is 65.1 Å². The fourth-order valence-corrected chi connectivity index (χ4v) is 1.77. The molecule has 0 amide bonds. The SMILES string of the molecule is C=CCNC(=NC)NCc1ncc(-c2ccccc2)[nH]1. The predicted octanol–water partition coefficient (Wildman–Crippen LogP) is 1.93. The maximum atomic E-state index is 4.36. The van der Waals surface area contributed by atoms with E-state index in [2.05, 4.69) is 44.3 Å². The first-order valence-corrected chi connectivity index (χ1v) is 6.48. The van der Waals surface area contributed by atoms with Gasteiger partial charge >= 0.3 is 0 Å². The molecule has 5 heteroatoms. The molecule has 0 aliphatic carbocycles. The first-order valence-electron chi connectivity index (χ1n) is 6.48. The number of hydrogen-bond acceptors (Lipinski definition) is 2. The highest BCUT2D eigenvalue weighted by Crippen LogP contribution is 2.15. The smallest absolute Gasteiger partial charge is 0.191 e. The minimum absolute atomic E-state index is 0.587. The second-order valence-corrected chi connectivity index (χ2v) is 4.20. The zero-order valence-corrected chi connectivity index (χ0v) is 11.6. The number of imidazole rings is 1. The zero-order valence-electron chi connectivity index (χ0n) is 11.6. The molecule has 104 valence electrons. The van der Waals surface area contributed by atoms with Crippen LogP contribution in [0.15, 0.2) is 54.2 Å². The summed E-state index contributed by atoms with van der Waals surface area (Å²) < 4.78 is 0. The van der Waals surface area contributed by atoms with Crippen LogP contribution >= 0.6 is 0 Å². The number of benzene rings is 1. The lowest BCUT2D eigenvalue weighted by molar-refractivity contribution is 0.806. The van der Waals surface area contributed by atoms with Crippen LogP contribution in [-0.4, -0.2) is 29.5 Å². The number of nitrogens with zero attached hydrogens (tertiary/aromatic N) is 2. The molecular formula is C15H19N5. The number of rotatable bonds is 5. The molecule has 2 rings (SSSR count). The van der Waals surface area contributed by atoms with E-state index in [0.29, 0.717) is 13.1 Å². The van der Waals surface area contributed by atoms with Crippen molar-refractivity contribution in [3.05, 3.63) is 55.0 Å². The van der Waals surface area contributed by atoms with Gasteiger partial charge in [0.15, 0.2) is 5.96 Å². The molecule has 20 heavy (non-hydrogen) atoms. The molecule has 0 saturated carbocycles. The van der Waals surface area contributed by atoms with Crippen molar-refractivity contribution < 1.29 is 0 Å². The Bertz CT molecular complexity index is 571. The Labute approximate surface area is 118 Å². The quantitative estimate of drug-likeness (QED) is 0.441. The Balaban J connectivity index is 1.95. The van der Waals surface area contributed by atoms with Gasteiger partial charge in [-0.3, -0.25) is 4.99 Å². The van der Waals surface area contributed by atoms with Crippen molar-refractivity contribution >= 4 is 5.96 Å². The number of guanidine groups is 1. The van der Waals surface area contributed by atoms with Gasteiger partial charge < -0.3 is 15.6 Å². The van der Waals surface area contributed by atoms with E-state index in [9.17, 15) is 0 Å². The van der Waals surface area contributed by atoms with Crippen LogP contribution in [0.4, 0.5) is 0 Å². The number of nitrogens with one attached hydrogen (secondary N) is 3. The Hall–Kier alpha value is -2.56. The number of H-pyrrole nitrogens is 1. The van der Waals surface area contributed by atoms with Crippen molar-refractivity contribution in [1.82, 2.24) is 20.6 Å². The molecule has 0 bridgehead atoms. The van der Waals surface area contributed by atoms with Crippen LogP contribution in [0.3, 0.4) is 0 Å². The molecule has 0 atom stereocenters. The summed E-state index contributed by atoms with van der Waals surface area (Å²) in [4.78, 5) is 11.8. The van der Waals surface area contributed by atoms with E-state index >= 15 is 0 Å². The van der Waals surface area contributed by atoms with Gasteiger partial charge in [0.25, 0.3) is 0 Å². The largest absolute Gasteiger partial charge is 0.353 e. The van der Waals surface area contributed by atoms with E-state index in [1.165, 1.54) is 0 Å². The van der Waals surface area contributed by atoms with Gasteiger partial charge in [-0.1, -0.05) is 36.4 Å². The first kappa shape index (κ1) is 13.9. The molecule has 0 saturated heterocycles. The number of aliphatic imine (C=N–C) groups is 1. The molecule has 5 nitrogen and oxygen atoms in total. The molecule has 0 fully saturated rings. The lowest BCUT2D eigenvalue weighted by atomic mass is 10.2. The standard InChI is InChI=1S/C15H19N5/c1-3-9-17-15(16-2)19-11-14-18-10-13(20-14)12-7-5-4-6-8-12/h3-8,10H,1,9,11H2,2H3,(H,18,20)(H2,16,17,19). The average Bonchev–Trinajstić information content (AvgIpc) is 2.97. The van der Waals surface area contributed by atoms with E-state index in [-0.39, 0.29) is 0 Å². The molecule has 0 spiro atoms. The monoisotopic (exact) mass is 269 g/mol. The van der Waals surface area contributed by atoms with Crippen LogP contribution in [0.25, 0.3) is 11.3 Å². The number of aromatic nitrogens is 2. The van der Waals surface area contributed by atoms with Crippen molar-refractivity contribution in [2.75, 3.05) is 13.6 Å². The summed E-state index contributed by atoms with van der Waals surface area (Å²) in [6, 6.07) is 10.1. The maximum Gasteiger partial charge on any atom is 0.191 e. The Morgan fingerprint density at radius 1 is 1.35 bits per heavy atom. The molecule has 0 aliphatic rings. The van der Waals surface area contributed by atoms with E-state index in [4.69, 9.17) is 0 Å². The minimum atomic E-state index is 0.587. The van der Waals surface area contributed by atoms with Crippen molar-refractivity contribution in [1.29, 1.82) is 0 Å². The summed E-state index contributed by atoms with van der Waals surface area (Å²) in [7, 11) is 1.73. The Morgan fingerprint density at radius 2 is 2.15 bits per heavy atom. The highest BCUT2D eigenvalue weighted by Gasteiger charge is 2.03. The fourth-order valence-electron chi connectivity index (χ4n) is 1.77. The van der Waals surface area contributed by atoms with E-state index in [1.807, 2.05) is 24.4 Å². The molecule has 0 radical (unpaired) electrons. The van der Waals surface area contributed by atoms with Crippen LogP contribution in [-0.2, 0) is 6.54 Å². The van der Waals surface area contributed by atoms with Gasteiger partial charge in [-0.25, -0.2) is 4.98 Å². The van der Waals surface area contributed by atoms with Crippen molar-refractivity contribution in [2.24, 2.45) is 4.99 Å². The summed E-state index contributed by atoms with van der Waals surface area (Å²) in [5, 5.41) is 6.29. The first-order chi connectivity index (χ1) is 9.83. The second-order valence-electron chi connectivity index (χ2n) is 4.20. The third kappa shape index (κ3) is 3.71. The molecule has 1 heterocycles. The molecule has 0 unspecified atom stereocenters. The Morgan fingerprint density at radius 3 is 2.85 bits per heavy atom. The van der Waals surface area contributed by atoms with Gasteiger partial charge in [-0.2, -0.15) is 0 Å². The maximum absolute atomic E-state index is 4.36. The zero-order chi connectivity index (χ0) is 14.2. The second kappa shape index (κ2) is 7.13. The van der Waals surface area contributed by atoms with Crippen LogP contribution in [0.5, 0.6) is 0 Å². The van der Waals surface area contributed by atoms with E-state index in [1.54, 1.807) is 13.1 Å². The van der Waals surface area contributed by atoms with Gasteiger partial charge in [-0.05, 0) is 5.56 Å². The third-order valence-electron chi connectivity index (χ3n) is 2.77. The van der Waals surface area contributed by atoms with Gasteiger partial charge in [0, 0.05) is 13.6 Å². The third-order valence-corrected chi connectivity index (χ3v) is 2.77. The summed E-state index contributed by atoms with van der Waals surface area (Å²) in [6.07, 6.45) is 3.62. The number of hydrogen-bond donors (Lipinski definition) is 3. The van der Waals surface area contributed by atoms with Crippen LogP contribution in [0.2, 0.25) is 0 Å². The summed E-state index contributed by atoms with van der Waals surface area (Å²) in [5.41, 5.74) is 2.14. The molecule has 3 N–H and O–H groups in total. The van der Waals surface area contributed by atoms with Crippen LogP contribution in [0, 0.1) is 0 Å². The highest BCUT2D eigenvalue weighted by atomic mass is 15.2. The lowest BCUT2D eigenvalue weighted by Gasteiger charge is -2.08. The number of aromatic amines is 1. The molecular weight excluding hydrogens is 250 g/mol.